The zero-order chi connectivity index (χ0) is 12.9. The van der Waals surface area contributed by atoms with Crippen LogP contribution in [0.2, 0.25) is 0 Å². The van der Waals surface area contributed by atoms with Gasteiger partial charge in [0.05, 0.1) is 0 Å². The summed E-state index contributed by atoms with van der Waals surface area (Å²) in [5.74, 6) is -1.68. The zero-order valence-corrected chi connectivity index (χ0v) is 11.3. The maximum atomic E-state index is 13.3. The van der Waals surface area contributed by atoms with E-state index < -0.39 is 5.92 Å². The lowest BCUT2D eigenvalue weighted by Crippen LogP contribution is -2.36. The molecule has 17 heavy (non-hydrogen) atoms. The van der Waals surface area contributed by atoms with Gasteiger partial charge in [0.2, 0.25) is 5.92 Å². The molecule has 0 amide bonds. The fourth-order valence-electron chi connectivity index (χ4n) is 2.89. The highest BCUT2D eigenvalue weighted by Gasteiger charge is 2.36. The van der Waals surface area contributed by atoms with Crippen molar-refractivity contribution >= 4 is 0 Å². The summed E-state index contributed by atoms with van der Waals surface area (Å²) in [6.07, 6.45) is 1.80. The van der Waals surface area contributed by atoms with Crippen LogP contribution in [0, 0.1) is 11.8 Å². The molecule has 0 radical (unpaired) electrons. The number of nitrogens with one attached hydrogen (secondary N) is 1. The predicted octanol–water partition coefficient (Wildman–Crippen LogP) is 2.60. The minimum atomic E-state index is -2.42. The summed E-state index contributed by atoms with van der Waals surface area (Å²) in [4.78, 5) is 2.20. The molecule has 4 heteroatoms. The van der Waals surface area contributed by atoms with Crippen molar-refractivity contribution < 1.29 is 8.78 Å². The van der Waals surface area contributed by atoms with Gasteiger partial charge in [-0.2, -0.15) is 0 Å². The average molecular weight is 248 g/mol. The Balaban J connectivity index is 2.28. The summed E-state index contributed by atoms with van der Waals surface area (Å²) >= 11 is 0. The van der Waals surface area contributed by atoms with Crippen LogP contribution < -0.4 is 5.32 Å². The summed E-state index contributed by atoms with van der Waals surface area (Å²) < 4.78 is 26.5. The van der Waals surface area contributed by atoms with Gasteiger partial charge in [-0.05, 0) is 45.3 Å². The first-order valence-corrected chi connectivity index (χ1v) is 6.64. The Kier molecular flexibility index (Phi) is 5.80. The topological polar surface area (TPSA) is 15.3 Å². The molecule has 0 heterocycles. The molecule has 0 aliphatic heterocycles. The van der Waals surface area contributed by atoms with E-state index in [1.165, 1.54) is 0 Å². The minimum Gasteiger partial charge on any atom is -0.319 e. The van der Waals surface area contributed by atoms with Crippen LogP contribution in [0.25, 0.3) is 0 Å². The van der Waals surface area contributed by atoms with Crippen molar-refractivity contribution in [3.8, 4) is 0 Å². The first-order valence-electron chi connectivity index (χ1n) is 6.64. The van der Waals surface area contributed by atoms with Gasteiger partial charge in [0.25, 0.3) is 0 Å². The third kappa shape index (κ3) is 5.77. The van der Waals surface area contributed by atoms with Crippen molar-refractivity contribution in [3.05, 3.63) is 0 Å². The predicted molar refractivity (Wildman–Crippen MR) is 67.5 cm³/mol. The van der Waals surface area contributed by atoms with Gasteiger partial charge in [-0.25, -0.2) is 8.78 Å². The van der Waals surface area contributed by atoms with E-state index in [1.807, 2.05) is 14.1 Å². The molecule has 1 rings (SSSR count). The van der Waals surface area contributed by atoms with Crippen LogP contribution >= 0.6 is 0 Å². The van der Waals surface area contributed by atoms with Crippen molar-refractivity contribution in [3.63, 3.8) is 0 Å². The van der Waals surface area contributed by atoms with Gasteiger partial charge in [-0.3, -0.25) is 0 Å². The third-order valence-electron chi connectivity index (χ3n) is 3.49. The molecule has 2 unspecified atom stereocenters. The van der Waals surface area contributed by atoms with Crippen molar-refractivity contribution in [2.45, 2.75) is 38.5 Å². The lowest BCUT2D eigenvalue weighted by atomic mass is 9.86. The molecule has 1 fully saturated rings. The van der Waals surface area contributed by atoms with Gasteiger partial charge in [-0.15, -0.1) is 0 Å². The Morgan fingerprint density at radius 3 is 2.76 bits per heavy atom. The van der Waals surface area contributed by atoms with E-state index >= 15 is 0 Å². The molecule has 102 valence electrons. The van der Waals surface area contributed by atoms with Gasteiger partial charge in [0, 0.05) is 25.9 Å². The Morgan fingerprint density at radius 1 is 1.47 bits per heavy atom. The summed E-state index contributed by atoms with van der Waals surface area (Å²) in [5, 5.41) is 3.14. The fraction of sp³-hybridized carbons (Fsp3) is 1.00. The monoisotopic (exact) mass is 248 g/mol. The van der Waals surface area contributed by atoms with E-state index in [1.54, 1.807) is 0 Å². The standard InChI is InChI=1S/C13H26F2N2/c1-11(8-16-2)9-17(3)10-12-5-4-6-13(14,15)7-12/h11-12,16H,4-10H2,1-3H3. The van der Waals surface area contributed by atoms with Crippen LogP contribution in [0.3, 0.4) is 0 Å². The van der Waals surface area contributed by atoms with Gasteiger partial charge < -0.3 is 10.2 Å². The summed E-state index contributed by atoms with van der Waals surface area (Å²) in [6, 6.07) is 0. The van der Waals surface area contributed by atoms with E-state index in [0.717, 1.165) is 26.1 Å². The highest BCUT2D eigenvalue weighted by molar-refractivity contribution is 4.80. The number of hydrogen-bond acceptors (Lipinski definition) is 2. The molecule has 2 nitrogen and oxygen atoms in total. The Morgan fingerprint density at radius 2 is 2.18 bits per heavy atom. The van der Waals surface area contributed by atoms with E-state index in [0.29, 0.717) is 12.3 Å². The molecule has 2 atom stereocenters. The second-order valence-corrected chi connectivity index (χ2v) is 5.70. The van der Waals surface area contributed by atoms with Gasteiger partial charge in [0.15, 0.2) is 0 Å². The smallest absolute Gasteiger partial charge is 0.248 e. The summed E-state index contributed by atoms with van der Waals surface area (Å²) in [6.45, 7) is 4.94. The van der Waals surface area contributed by atoms with E-state index in [9.17, 15) is 8.78 Å². The van der Waals surface area contributed by atoms with Crippen molar-refractivity contribution in [2.24, 2.45) is 11.8 Å². The maximum absolute atomic E-state index is 13.3. The van der Waals surface area contributed by atoms with Crippen molar-refractivity contribution in [1.82, 2.24) is 10.2 Å². The van der Waals surface area contributed by atoms with Crippen LogP contribution in [0.4, 0.5) is 8.78 Å². The zero-order valence-electron chi connectivity index (χ0n) is 11.3. The van der Waals surface area contributed by atoms with Gasteiger partial charge in [0.1, 0.15) is 0 Å². The van der Waals surface area contributed by atoms with Crippen LogP contribution in [0.5, 0.6) is 0 Å². The lowest BCUT2D eigenvalue weighted by Gasteiger charge is -2.32. The second-order valence-electron chi connectivity index (χ2n) is 5.70. The number of hydrogen-bond donors (Lipinski definition) is 1. The molecule has 1 aliphatic rings. The SMILES string of the molecule is CNCC(C)CN(C)CC1CCCC(F)(F)C1. The molecular formula is C13H26F2N2. The minimum absolute atomic E-state index is 0.0811. The average Bonchev–Trinajstić information content (AvgIpc) is 2.15. The summed E-state index contributed by atoms with van der Waals surface area (Å²) in [7, 11) is 3.98. The molecule has 0 aromatic heterocycles. The van der Waals surface area contributed by atoms with Crippen LogP contribution in [0.15, 0.2) is 0 Å². The van der Waals surface area contributed by atoms with E-state index in [4.69, 9.17) is 0 Å². The van der Waals surface area contributed by atoms with Crippen molar-refractivity contribution in [1.29, 1.82) is 0 Å². The Bertz CT molecular complexity index is 221. The van der Waals surface area contributed by atoms with Crippen molar-refractivity contribution in [2.75, 3.05) is 33.7 Å². The lowest BCUT2D eigenvalue weighted by molar-refractivity contribution is -0.0562. The molecule has 0 aromatic carbocycles. The molecule has 0 bridgehead atoms. The highest BCUT2D eigenvalue weighted by atomic mass is 19.3. The molecule has 1 aliphatic carbocycles. The number of alkyl halides is 2. The quantitative estimate of drug-likeness (QED) is 0.777. The molecule has 0 saturated heterocycles. The fourth-order valence-corrected chi connectivity index (χ4v) is 2.89. The van der Waals surface area contributed by atoms with Crippen LogP contribution in [-0.4, -0.2) is 44.6 Å². The maximum Gasteiger partial charge on any atom is 0.248 e. The van der Waals surface area contributed by atoms with Crippen LogP contribution in [0.1, 0.15) is 32.6 Å². The second kappa shape index (κ2) is 6.64. The first kappa shape index (κ1) is 14.8. The number of halogens is 2. The highest BCUT2D eigenvalue weighted by Crippen LogP contribution is 2.36. The van der Waals surface area contributed by atoms with E-state index in [2.05, 4.69) is 17.1 Å². The van der Waals surface area contributed by atoms with Gasteiger partial charge >= 0.3 is 0 Å². The Labute approximate surface area is 104 Å². The number of nitrogens with zero attached hydrogens (tertiary/aromatic N) is 1. The normalized spacial score (nSPS) is 26.1. The molecule has 0 aromatic rings. The molecule has 1 N–H and O–H groups in total. The largest absolute Gasteiger partial charge is 0.319 e. The number of rotatable bonds is 6. The van der Waals surface area contributed by atoms with Gasteiger partial charge in [-0.1, -0.05) is 6.92 Å². The first-order chi connectivity index (χ1) is 7.93. The third-order valence-corrected chi connectivity index (χ3v) is 3.49. The van der Waals surface area contributed by atoms with Crippen LogP contribution in [-0.2, 0) is 0 Å². The van der Waals surface area contributed by atoms with E-state index in [-0.39, 0.29) is 18.8 Å². The molecular weight excluding hydrogens is 222 g/mol. The molecule has 0 spiro atoms. The molecule has 1 saturated carbocycles. The Hall–Kier alpha value is -0.220. The summed E-state index contributed by atoms with van der Waals surface area (Å²) in [5.41, 5.74) is 0.